The first-order valence-corrected chi connectivity index (χ1v) is 9.29. The lowest BCUT2D eigenvalue weighted by molar-refractivity contribution is 1.12. The highest BCUT2D eigenvalue weighted by molar-refractivity contribution is 6.95. The van der Waals surface area contributed by atoms with E-state index in [9.17, 15) is 0 Å². The number of benzene rings is 3. The Hall–Kier alpha value is -3.13. The standard InChI is InChI=1S/C18H15B.C7H9N/c1-4-10-16(11-5-1)19(17-12-6-2-7-13-17)18-14-8-3-9-15-18;1-6-4-3-5-7(2)8-6/h1-15H;3-5H,1-2H3. The summed E-state index contributed by atoms with van der Waals surface area (Å²) >= 11 is 0. The third-order valence-electron chi connectivity index (χ3n) is 4.43. The van der Waals surface area contributed by atoms with Crippen LogP contribution in [0.1, 0.15) is 11.4 Å². The van der Waals surface area contributed by atoms with Crippen molar-refractivity contribution in [3.8, 4) is 0 Å². The van der Waals surface area contributed by atoms with Crippen LogP contribution in [0, 0.1) is 13.8 Å². The Morgan fingerprint density at radius 2 is 0.778 bits per heavy atom. The number of nitrogens with zero attached hydrogens (tertiary/aromatic N) is 1. The molecule has 2 heteroatoms. The zero-order valence-electron chi connectivity index (χ0n) is 15.9. The van der Waals surface area contributed by atoms with E-state index in [4.69, 9.17) is 0 Å². The fourth-order valence-electron chi connectivity index (χ4n) is 3.19. The van der Waals surface area contributed by atoms with Crippen molar-refractivity contribution in [3.63, 3.8) is 0 Å². The van der Waals surface area contributed by atoms with Gasteiger partial charge in [-0.25, -0.2) is 0 Å². The molecule has 0 saturated carbocycles. The lowest BCUT2D eigenvalue weighted by atomic mass is 9.37. The first-order chi connectivity index (χ1) is 13.2. The molecular weight excluding hydrogens is 325 g/mol. The van der Waals surface area contributed by atoms with E-state index in [1.807, 2.05) is 32.0 Å². The highest BCUT2D eigenvalue weighted by Gasteiger charge is 2.20. The molecule has 0 radical (unpaired) electrons. The third-order valence-corrected chi connectivity index (χ3v) is 4.43. The molecule has 0 N–H and O–H groups in total. The molecule has 0 aliphatic heterocycles. The number of aromatic nitrogens is 1. The Balaban J connectivity index is 0.000000221. The number of pyridine rings is 1. The Labute approximate surface area is 162 Å². The molecule has 0 spiro atoms. The molecular formula is C25H24BN. The summed E-state index contributed by atoms with van der Waals surface area (Å²) in [7, 11) is 0. The topological polar surface area (TPSA) is 12.9 Å². The summed E-state index contributed by atoms with van der Waals surface area (Å²) in [5.41, 5.74) is 6.18. The van der Waals surface area contributed by atoms with Gasteiger partial charge in [0.15, 0.2) is 0 Å². The second-order valence-corrected chi connectivity index (χ2v) is 6.59. The Morgan fingerprint density at radius 1 is 0.444 bits per heavy atom. The van der Waals surface area contributed by atoms with Gasteiger partial charge < -0.3 is 0 Å². The first kappa shape index (κ1) is 18.7. The number of aryl methyl sites for hydroxylation is 2. The van der Waals surface area contributed by atoms with E-state index in [1.165, 1.54) is 16.4 Å². The SMILES string of the molecule is Cc1cccc(C)n1.c1ccc(B(c2ccccc2)c2ccccc2)cc1. The molecule has 4 aromatic rings. The maximum atomic E-state index is 4.17. The molecule has 0 unspecified atom stereocenters. The highest BCUT2D eigenvalue weighted by Crippen LogP contribution is 1.95. The first-order valence-electron chi connectivity index (χ1n) is 9.29. The molecule has 132 valence electrons. The van der Waals surface area contributed by atoms with E-state index in [0.29, 0.717) is 6.71 Å². The fraction of sp³-hybridized carbons (Fsp3) is 0.0800. The summed E-state index contributed by atoms with van der Waals surface area (Å²) in [6, 6.07) is 38.0. The molecule has 4 rings (SSSR count). The summed E-state index contributed by atoms with van der Waals surface area (Å²) in [5.74, 6) is 0. The van der Waals surface area contributed by atoms with Crippen molar-refractivity contribution in [2.75, 3.05) is 0 Å². The number of hydrogen-bond acceptors (Lipinski definition) is 1. The van der Waals surface area contributed by atoms with Crippen LogP contribution in [0.15, 0.2) is 109 Å². The van der Waals surface area contributed by atoms with E-state index < -0.39 is 0 Å². The van der Waals surface area contributed by atoms with E-state index in [1.54, 1.807) is 0 Å². The Bertz CT molecular complexity index is 826. The quantitative estimate of drug-likeness (QED) is 0.511. The van der Waals surface area contributed by atoms with Crippen LogP contribution in [0.2, 0.25) is 0 Å². The van der Waals surface area contributed by atoms with Crippen molar-refractivity contribution in [2.45, 2.75) is 13.8 Å². The molecule has 1 heterocycles. The summed E-state index contributed by atoms with van der Waals surface area (Å²) in [6.07, 6.45) is 0. The van der Waals surface area contributed by atoms with Gasteiger partial charge >= 0.3 is 0 Å². The average Bonchev–Trinajstić information content (AvgIpc) is 2.71. The normalized spacial score (nSPS) is 9.85. The van der Waals surface area contributed by atoms with Crippen molar-refractivity contribution >= 4 is 23.1 Å². The van der Waals surface area contributed by atoms with E-state index >= 15 is 0 Å². The lowest BCUT2D eigenvalue weighted by Crippen LogP contribution is -2.51. The van der Waals surface area contributed by atoms with Gasteiger partial charge in [-0.1, -0.05) is 113 Å². The van der Waals surface area contributed by atoms with Crippen LogP contribution in [-0.2, 0) is 0 Å². The van der Waals surface area contributed by atoms with Crippen molar-refractivity contribution in [2.24, 2.45) is 0 Å². The van der Waals surface area contributed by atoms with Gasteiger partial charge in [0.2, 0.25) is 6.71 Å². The molecule has 0 saturated heterocycles. The summed E-state index contributed by atoms with van der Waals surface area (Å²) in [6.45, 7) is 4.30. The van der Waals surface area contributed by atoms with Crippen LogP contribution in [0.4, 0.5) is 0 Å². The average molecular weight is 349 g/mol. The summed E-state index contributed by atoms with van der Waals surface area (Å²) < 4.78 is 0. The van der Waals surface area contributed by atoms with Gasteiger partial charge in [0, 0.05) is 11.4 Å². The minimum absolute atomic E-state index is 0.309. The molecule has 3 aromatic carbocycles. The predicted molar refractivity (Wildman–Crippen MR) is 118 cm³/mol. The van der Waals surface area contributed by atoms with Crippen LogP contribution in [0.25, 0.3) is 0 Å². The zero-order chi connectivity index (χ0) is 18.9. The minimum atomic E-state index is 0.309. The van der Waals surface area contributed by atoms with E-state index in [2.05, 4.69) is 96.0 Å². The minimum Gasteiger partial charge on any atom is -0.258 e. The molecule has 27 heavy (non-hydrogen) atoms. The van der Waals surface area contributed by atoms with E-state index in [-0.39, 0.29) is 0 Å². The number of hydrogen-bond donors (Lipinski definition) is 0. The molecule has 0 bridgehead atoms. The maximum absolute atomic E-state index is 4.17. The van der Waals surface area contributed by atoms with Crippen molar-refractivity contribution in [1.82, 2.24) is 4.98 Å². The van der Waals surface area contributed by atoms with Gasteiger partial charge in [-0.2, -0.15) is 0 Å². The van der Waals surface area contributed by atoms with Crippen LogP contribution in [0.3, 0.4) is 0 Å². The third kappa shape index (κ3) is 5.42. The van der Waals surface area contributed by atoms with Gasteiger partial charge in [-0.05, 0) is 26.0 Å². The predicted octanol–water partition coefficient (Wildman–Crippen LogP) is 3.90. The van der Waals surface area contributed by atoms with Crippen molar-refractivity contribution in [3.05, 3.63) is 121 Å². The largest absolute Gasteiger partial charge is 0.258 e. The number of rotatable bonds is 3. The molecule has 0 aliphatic rings. The monoisotopic (exact) mass is 349 g/mol. The van der Waals surface area contributed by atoms with Gasteiger partial charge in [0.25, 0.3) is 0 Å². The lowest BCUT2D eigenvalue weighted by Gasteiger charge is -2.15. The van der Waals surface area contributed by atoms with Crippen molar-refractivity contribution in [1.29, 1.82) is 0 Å². The Kier molecular flexibility index (Phi) is 6.59. The summed E-state index contributed by atoms with van der Waals surface area (Å²) in [5, 5.41) is 0. The highest BCUT2D eigenvalue weighted by atomic mass is 14.7. The van der Waals surface area contributed by atoms with Crippen LogP contribution < -0.4 is 16.4 Å². The second-order valence-electron chi connectivity index (χ2n) is 6.59. The molecule has 0 fully saturated rings. The molecule has 0 aliphatic carbocycles. The Morgan fingerprint density at radius 3 is 1.04 bits per heavy atom. The van der Waals surface area contributed by atoms with Gasteiger partial charge in [-0.15, -0.1) is 0 Å². The summed E-state index contributed by atoms with van der Waals surface area (Å²) in [4.78, 5) is 4.17. The molecule has 1 nitrogen and oxygen atoms in total. The van der Waals surface area contributed by atoms with Gasteiger partial charge in [0.1, 0.15) is 0 Å². The molecule has 0 atom stereocenters. The zero-order valence-corrected chi connectivity index (χ0v) is 15.9. The van der Waals surface area contributed by atoms with E-state index in [0.717, 1.165) is 11.4 Å². The second kappa shape index (κ2) is 9.54. The van der Waals surface area contributed by atoms with Crippen LogP contribution in [0.5, 0.6) is 0 Å². The molecule has 1 aromatic heterocycles. The fourth-order valence-corrected chi connectivity index (χ4v) is 3.19. The van der Waals surface area contributed by atoms with Gasteiger partial charge in [0.05, 0.1) is 0 Å². The maximum Gasteiger partial charge on any atom is 0.241 e. The van der Waals surface area contributed by atoms with Gasteiger partial charge in [-0.3, -0.25) is 4.98 Å². The smallest absolute Gasteiger partial charge is 0.241 e. The van der Waals surface area contributed by atoms with Crippen molar-refractivity contribution < 1.29 is 0 Å². The molecule has 0 amide bonds. The van der Waals surface area contributed by atoms with Crippen LogP contribution >= 0.6 is 0 Å². The van der Waals surface area contributed by atoms with Crippen LogP contribution in [-0.4, -0.2) is 11.7 Å².